The lowest BCUT2D eigenvalue weighted by Crippen LogP contribution is -2.64. The molecule has 1 unspecified atom stereocenters. The number of furan rings is 1. The monoisotopic (exact) mass is 248 g/mol. The zero-order chi connectivity index (χ0) is 13.1. The molecule has 0 saturated carbocycles. The number of carbonyl (C=O) groups excluding carboxylic acids is 3. The average molecular weight is 248 g/mol. The van der Waals surface area contributed by atoms with E-state index in [0.29, 0.717) is 13.1 Å². The van der Waals surface area contributed by atoms with E-state index in [9.17, 15) is 14.4 Å². The molecule has 1 aromatic heterocycles. The van der Waals surface area contributed by atoms with Crippen molar-refractivity contribution in [3.63, 3.8) is 0 Å². The Balaban J connectivity index is 1.88. The van der Waals surface area contributed by atoms with Gasteiger partial charge in [0.2, 0.25) is 5.91 Å². The van der Waals surface area contributed by atoms with E-state index in [4.69, 9.17) is 4.42 Å². The van der Waals surface area contributed by atoms with Gasteiger partial charge in [0.15, 0.2) is 5.76 Å². The van der Waals surface area contributed by atoms with Crippen molar-refractivity contribution in [2.45, 2.75) is 6.04 Å². The molecule has 0 spiro atoms. The molecule has 2 rings (SSSR count). The van der Waals surface area contributed by atoms with Crippen molar-refractivity contribution in [1.82, 2.24) is 10.2 Å². The van der Waals surface area contributed by atoms with Gasteiger partial charge in [0.25, 0.3) is 11.7 Å². The van der Waals surface area contributed by atoms with Gasteiger partial charge < -0.3 is 14.6 Å². The molecule has 6 nitrogen and oxygen atoms in total. The number of carbonyl (C=O) groups is 3. The van der Waals surface area contributed by atoms with Crippen LogP contribution in [0.4, 0.5) is 0 Å². The highest BCUT2D eigenvalue weighted by Crippen LogP contribution is 2.10. The maximum Gasteiger partial charge on any atom is 0.296 e. The Morgan fingerprint density at radius 1 is 1.61 bits per heavy atom. The van der Waals surface area contributed by atoms with Crippen LogP contribution >= 0.6 is 0 Å². The molecule has 0 aromatic carbocycles. The Hall–Kier alpha value is -2.37. The first-order valence-corrected chi connectivity index (χ1v) is 5.42. The van der Waals surface area contributed by atoms with E-state index in [0.717, 1.165) is 0 Å². The van der Waals surface area contributed by atoms with Crippen LogP contribution < -0.4 is 5.32 Å². The molecule has 1 N–H and O–H groups in total. The lowest BCUT2D eigenvalue weighted by molar-refractivity contribution is -0.145. The van der Waals surface area contributed by atoms with Gasteiger partial charge in [-0.1, -0.05) is 6.08 Å². The first kappa shape index (κ1) is 12.1. The van der Waals surface area contributed by atoms with Gasteiger partial charge in [-0.3, -0.25) is 14.4 Å². The number of rotatable bonds is 5. The summed E-state index contributed by atoms with van der Waals surface area (Å²) in [7, 11) is 0. The summed E-state index contributed by atoms with van der Waals surface area (Å²) in [5.41, 5.74) is 0. The maximum atomic E-state index is 11.5. The number of Topliss-reactive ketones (excluding diaryl/α,β-unsaturated/α-hetero) is 1. The molecule has 0 bridgehead atoms. The minimum atomic E-state index is -0.832. The van der Waals surface area contributed by atoms with E-state index in [2.05, 4.69) is 11.9 Å². The van der Waals surface area contributed by atoms with Gasteiger partial charge in [0.05, 0.1) is 12.8 Å². The Morgan fingerprint density at radius 2 is 2.39 bits per heavy atom. The first-order chi connectivity index (χ1) is 8.63. The quantitative estimate of drug-likeness (QED) is 0.343. The van der Waals surface area contributed by atoms with E-state index in [1.807, 2.05) is 0 Å². The first-order valence-electron chi connectivity index (χ1n) is 5.42. The van der Waals surface area contributed by atoms with Crippen molar-refractivity contribution in [3.05, 3.63) is 36.8 Å². The summed E-state index contributed by atoms with van der Waals surface area (Å²) in [4.78, 5) is 36.1. The molecule has 0 aliphatic carbocycles. The molecule has 1 aromatic rings. The zero-order valence-electron chi connectivity index (χ0n) is 9.59. The third-order valence-electron chi connectivity index (χ3n) is 2.62. The molecule has 2 heterocycles. The second-order valence-corrected chi connectivity index (χ2v) is 3.86. The molecule has 1 saturated heterocycles. The number of β-lactam (4-membered cyclic amide) rings is 1. The number of nitrogens with one attached hydrogen (secondary N) is 1. The molecular formula is C12H12N2O4. The van der Waals surface area contributed by atoms with Gasteiger partial charge in [-0.15, -0.1) is 6.58 Å². The predicted octanol–water partition coefficient (Wildman–Crippen LogP) is -0.0247. The summed E-state index contributed by atoms with van der Waals surface area (Å²) < 4.78 is 4.82. The van der Waals surface area contributed by atoms with Crippen LogP contribution in [0.15, 0.2) is 35.5 Å². The summed E-state index contributed by atoms with van der Waals surface area (Å²) in [6.45, 7) is 4.35. The van der Waals surface area contributed by atoms with Gasteiger partial charge in [-0.2, -0.15) is 0 Å². The van der Waals surface area contributed by atoms with Crippen LogP contribution in [0.1, 0.15) is 10.6 Å². The summed E-state index contributed by atoms with van der Waals surface area (Å²) in [5, 5.41) is 2.37. The third kappa shape index (κ3) is 2.17. The average Bonchev–Trinajstić information content (AvgIpc) is 2.89. The lowest BCUT2D eigenvalue weighted by atomic mass is 10.1. The summed E-state index contributed by atoms with van der Waals surface area (Å²) >= 11 is 0. The van der Waals surface area contributed by atoms with Gasteiger partial charge in [-0.25, -0.2) is 0 Å². The highest BCUT2D eigenvalue weighted by Gasteiger charge is 2.38. The molecule has 1 atom stereocenters. The third-order valence-corrected chi connectivity index (χ3v) is 2.62. The fourth-order valence-electron chi connectivity index (χ4n) is 1.67. The smallest absolute Gasteiger partial charge is 0.296 e. The second kappa shape index (κ2) is 4.87. The molecule has 0 radical (unpaired) electrons. The number of hydrogen-bond donors (Lipinski definition) is 1. The SMILES string of the molecule is C=CCN1CC(NC(=O)C(=O)c2ccco2)C1=O. The number of likely N-dealkylation sites (tertiary alicyclic amines) is 1. The molecule has 1 aliphatic heterocycles. The fourth-order valence-corrected chi connectivity index (χ4v) is 1.67. The van der Waals surface area contributed by atoms with Crippen LogP contribution in [0.25, 0.3) is 0 Å². The predicted molar refractivity (Wildman–Crippen MR) is 61.7 cm³/mol. The van der Waals surface area contributed by atoms with Crippen molar-refractivity contribution in [2.24, 2.45) is 0 Å². The van der Waals surface area contributed by atoms with Gasteiger partial charge in [0.1, 0.15) is 6.04 Å². The van der Waals surface area contributed by atoms with E-state index >= 15 is 0 Å². The minimum Gasteiger partial charge on any atom is -0.461 e. The van der Waals surface area contributed by atoms with Gasteiger partial charge >= 0.3 is 0 Å². The highest BCUT2D eigenvalue weighted by molar-refractivity contribution is 6.42. The molecular weight excluding hydrogens is 236 g/mol. The number of amides is 2. The largest absolute Gasteiger partial charge is 0.461 e. The van der Waals surface area contributed by atoms with Crippen molar-refractivity contribution < 1.29 is 18.8 Å². The topological polar surface area (TPSA) is 79.6 Å². The zero-order valence-corrected chi connectivity index (χ0v) is 9.59. The molecule has 2 amide bonds. The number of nitrogens with zero attached hydrogens (tertiary/aromatic N) is 1. The molecule has 1 aliphatic rings. The Kier molecular flexibility index (Phi) is 3.27. The summed E-state index contributed by atoms with van der Waals surface area (Å²) in [5.74, 6) is -1.87. The van der Waals surface area contributed by atoms with E-state index in [1.165, 1.54) is 23.3 Å². The van der Waals surface area contributed by atoms with E-state index in [1.54, 1.807) is 6.08 Å². The molecule has 94 valence electrons. The van der Waals surface area contributed by atoms with E-state index < -0.39 is 17.7 Å². The van der Waals surface area contributed by atoms with Gasteiger partial charge in [-0.05, 0) is 12.1 Å². The molecule has 1 fully saturated rings. The van der Waals surface area contributed by atoms with Crippen LogP contribution in [0.3, 0.4) is 0 Å². The van der Waals surface area contributed by atoms with Crippen molar-refractivity contribution in [2.75, 3.05) is 13.1 Å². The summed E-state index contributed by atoms with van der Waals surface area (Å²) in [6, 6.07) is 2.28. The second-order valence-electron chi connectivity index (χ2n) is 3.86. The van der Waals surface area contributed by atoms with Crippen molar-refractivity contribution in [3.8, 4) is 0 Å². The molecule has 6 heteroatoms. The Bertz CT molecular complexity index is 492. The van der Waals surface area contributed by atoms with Gasteiger partial charge in [0, 0.05) is 6.54 Å². The number of ketones is 1. The highest BCUT2D eigenvalue weighted by atomic mass is 16.3. The van der Waals surface area contributed by atoms with Crippen LogP contribution in [-0.2, 0) is 9.59 Å². The van der Waals surface area contributed by atoms with Crippen molar-refractivity contribution >= 4 is 17.6 Å². The molecule has 18 heavy (non-hydrogen) atoms. The number of hydrogen-bond acceptors (Lipinski definition) is 4. The minimum absolute atomic E-state index is 0.0396. The standard InChI is InChI=1S/C12H12N2O4/c1-2-5-14-7-8(12(14)17)13-11(16)10(15)9-4-3-6-18-9/h2-4,6,8H,1,5,7H2,(H,13,16). The van der Waals surface area contributed by atoms with Crippen LogP contribution in [0, 0.1) is 0 Å². The van der Waals surface area contributed by atoms with Crippen molar-refractivity contribution in [1.29, 1.82) is 0 Å². The van der Waals surface area contributed by atoms with Crippen LogP contribution in [0.2, 0.25) is 0 Å². The fraction of sp³-hybridized carbons (Fsp3) is 0.250. The summed E-state index contributed by atoms with van der Waals surface area (Å²) in [6.07, 6.45) is 2.91. The van der Waals surface area contributed by atoms with Crippen LogP contribution in [-0.4, -0.2) is 41.6 Å². The Morgan fingerprint density at radius 3 is 2.94 bits per heavy atom. The normalized spacial score (nSPS) is 18.1. The Labute approximate surface area is 103 Å². The van der Waals surface area contributed by atoms with E-state index in [-0.39, 0.29) is 11.7 Å². The lowest BCUT2D eigenvalue weighted by Gasteiger charge is -2.37. The maximum absolute atomic E-state index is 11.5. The van der Waals surface area contributed by atoms with Crippen LogP contribution in [0.5, 0.6) is 0 Å².